The quantitative estimate of drug-likeness (QED) is 0.713. The molecule has 1 radical (unpaired) electrons. The van der Waals surface area contributed by atoms with Crippen molar-refractivity contribution in [2.75, 3.05) is 0 Å². The molecule has 0 saturated heterocycles. The highest BCUT2D eigenvalue weighted by Crippen LogP contribution is 2.29. The fourth-order valence-corrected chi connectivity index (χ4v) is 1.62. The molecule has 2 aromatic rings. The Hall–Kier alpha value is -0.470. The Labute approximate surface area is 77.5 Å². The molecule has 1 N–H and O–H groups in total. The molecular weight excluding hydrogens is 225 g/mol. The third-order valence-electron chi connectivity index (χ3n) is 1.54. The van der Waals surface area contributed by atoms with Crippen molar-refractivity contribution in [2.45, 2.75) is 0 Å². The van der Waals surface area contributed by atoms with E-state index < -0.39 is 0 Å². The van der Waals surface area contributed by atoms with Crippen molar-refractivity contribution in [1.29, 1.82) is 0 Å². The first kappa shape index (κ1) is 7.19. The topological polar surface area (TPSA) is 15.8 Å². The number of benzene rings is 1. The number of hydrogen-bond donors (Lipinski definition) is 1. The molecular formula is C8H4BrClN. The van der Waals surface area contributed by atoms with E-state index in [2.05, 4.69) is 27.0 Å². The summed E-state index contributed by atoms with van der Waals surface area (Å²) in [6.07, 6.45) is 1.77. The van der Waals surface area contributed by atoms with Crippen LogP contribution < -0.4 is 0 Å². The average molecular weight is 229 g/mol. The third-order valence-corrected chi connectivity index (χ3v) is 2.91. The van der Waals surface area contributed by atoms with Gasteiger partial charge in [-0.05, 0) is 28.1 Å². The molecule has 0 aliphatic carbocycles. The van der Waals surface area contributed by atoms with Crippen molar-refractivity contribution in [3.63, 3.8) is 0 Å². The van der Waals surface area contributed by atoms with Crippen LogP contribution in [0, 0.1) is 6.07 Å². The zero-order valence-electron chi connectivity index (χ0n) is 5.49. The van der Waals surface area contributed by atoms with Gasteiger partial charge in [0.2, 0.25) is 0 Å². The normalized spacial score (nSPS) is 10.7. The maximum absolute atomic E-state index is 5.86. The second-order valence-corrected chi connectivity index (χ2v) is 3.42. The van der Waals surface area contributed by atoms with Crippen LogP contribution in [0.4, 0.5) is 0 Å². The van der Waals surface area contributed by atoms with Gasteiger partial charge in [-0.2, -0.15) is 0 Å². The molecule has 2 rings (SSSR count). The first-order valence-electron chi connectivity index (χ1n) is 3.12. The number of aromatic amines is 1. The minimum Gasteiger partial charge on any atom is -0.361 e. The van der Waals surface area contributed by atoms with Crippen LogP contribution in [0.1, 0.15) is 0 Å². The van der Waals surface area contributed by atoms with Crippen LogP contribution >= 0.6 is 27.5 Å². The summed E-state index contributed by atoms with van der Waals surface area (Å²) >= 11 is 9.24. The Morgan fingerprint density at radius 1 is 1.45 bits per heavy atom. The van der Waals surface area contributed by atoms with Gasteiger partial charge in [0.05, 0.1) is 5.02 Å². The van der Waals surface area contributed by atoms with E-state index in [9.17, 15) is 0 Å². The van der Waals surface area contributed by atoms with Gasteiger partial charge in [-0.3, -0.25) is 0 Å². The lowest BCUT2D eigenvalue weighted by atomic mass is 10.2. The summed E-state index contributed by atoms with van der Waals surface area (Å²) in [5.41, 5.74) is 1.04. The first-order chi connectivity index (χ1) is 5.29. The van der Waals surface area contributed by atoms with E-state index in [4.69, 9.17) is 11.6 Å². The fraction of sp³-hybridized carbons (Fsp3) is 0. The summed E-state index contributed by atoms with van der Waals surface area (Å²) in [5, 5.41) is 1.71. The number of rotatable bonds is 0. The van der Waals surface area contributed by atoms with Crippen LogP contribution in [-0.4, -0.2) is 4.98 Å². The molecule has 55 valence electrons. The van der Waals surface area contributed by atoms with E-state index in [1.165, 1.54) is 0 Å². The molecule has 1 aromatic heterocycles. The maximum Gasteiger partial charge on any atom is 0.0555 e. The molecule has 1 aromatic carbocycles. The lowest BCUT2D eigenvalue weighted by Gasteiger charge is -1.95. The molecule has 1 heterocycles. The van der Waals surface area contributed by atoms with Gasteiger partial charge in [-0.25, -0.2) is 0 Å². The Morgan fingerprint density at radius 2 is 2.27 bits per heavy atom. The highest BCUT2D eigenvalue weighted by molar-refractivity contribution is 9.10. The van der Waals surface area contributed by atoms with Crippen LogP contribution in [0.2, 0.25) is 5.02 Å². The van der Waals surface area contributed by atoms with Crippen molar-refractivity contribution in [1.82, 2.24) is 4.98 Å². The summed E-state index contributed by atoms with van der Waals surface area (Å²) in [4.78, 5) is 3.04. The largest absolute Gasteiger partial charge is 0.361 e. The van der Waals surface area contributed by atoms with Gasteiger partial charge in [0.25, 0.3) is 0 Å². The number of aromatic nitrogens is 1. The van der Waals surface area contributed by atoms with Gasteiger partial charge in [-0.1, -0.05) is 11.6 Å². The van der Waals surface area contributed by atoms with E-state index in [0.717, 1.165) is 15.4 Å². The van der Waals surface area contributed by atoms with Gasteiger partial charge in [0, 0.05) is 27.6 Å². The highest BCUT2D eigenvalue weighted by atomic mass is 79.9. The molecule has 0 amide bonds. The molecule has 0 aliphatic rings. The number of nitrogens with one attached hydrogen (secondary N) is 1. The van der Waals surface area contributed by atoms with Crippen LogP contribution in [-0.2, 0) is 0 Å². The Bertz CT molecular complexity index is 394. The monoisotopic (exact) mass is 228 g/mol. The second-order valence-electron chi connectivity index (χ2n) is 2.22. The number of H-pyrrole nitrogens is 1. The lowest BCUT2D eigenvalue weighted by Crippen LogP contribution is -1.70. The Balaban J connectivity index is 2.93. The van der Waals surface area contributed by atoms with Crippen molar-refractivity contribution >= 4 is 38.4 Å². The van der Waals surface area contributed by atoms with Gasteiger partial charge in [-0.15, -0.1) is 0 Å². The SMILES string of the molecule is Clc1ccc2[nH]c[c]c2c1Br. The molecule has 1 nitrogen and oxygen atoms in total. The summed E-state index contributed by atoms with van der Waals surface area (Å²) < 4.78 is 0.901. The molecule has 3 heteroatoms. The average Bonchev–Trinajstić information content (AvgIpc) is 2.45. The third kappa shape index (κ3) is 1.06. The van der Waals surface area contributed by atoms with Gasteiger partial charge >= 0.3 is 0 Å². The number of fused-ring (bicyclic) bond motifs is 1. The molecule has 0 bridgehead atoms. The second kappa shape index (κ2) is 2.54. The maximum atomic E-state index is 5.86. The number of halogens is 2. The minimum atomic E-state index is 0.716. The molecule has 0 spiro atoms. The van der Waals surface area contributed by atoms with Gasteiger partial charge in [0.15, 0.2) is 0 Å². The molecule has 0 atom stereocenters. The van der Waals surface area contributed by atoms with E-state index in [1.807, 2.05) is 12.1 Å². The summed E-state index contributed by atoms with van der Waals surface area (Å²) in [5.74, 6) is 0. The highest BCUT2D eigenvalue weighted by Gasteiger charge is 2.02. The van der Waals surface area contributed by atoms with Crippen LogP contribution in [0.3, 0.4) is 0 Å². The van der Waals surface area contributed by atoms with Crippen molar-refractivity contribution < 1.29 is 0 Å². The van der Waals surface area contributed by atoms with Crippen molar-refractivity contribution in [3.05, 3.63) is 33.9 Å². The van der Waals surface area contributed by atoms with Gasteiger partial charge < -0.3 is 4.98 Å². The molecule has 0 aliphatic heterocycles. The van der Waals surface area contributed by atoms with Crippen molar-refractivity contribution in [3.8, 4) is 0 Å². The van der Waals surface area contributed by atoms with E-state index in [1.54, 1.807) is 6.20 Å². The van der Waals surface area contributed by atoms with E-state index >= 15 is 0 Å². The Kier molecular flexibility index (Phi) is 1.66. The Morgan fingerprint density at radius 3 is 3.09 bits per heavy atom. The summed E-state index contributed by atoms with van der Waals surface area (Å²) in [7, 11) is 0. The number of hydrogen-bond acceptors (Lipinski definition) is 0. The predicted molar refractivity (Wildman–Crippen MR) is 49.8 cm³/mol. The minimum absolute atomic E-state index is 0.716. The predicted octanol–water partition coefficient (Wildman–Crippen LogP) is 3.38. The standard InChI is InChI=1S/C8H4BrClN/c9-8-5-3-4-11-7(5)2-1-6(8)10/h1-2,4,11H. The molecule has 0 saturated carbocycles. The molecule has 11 heavy (non-hydrogen) atoms. The summed E-state index contributed by atoms with van der Waals surface area (Å²) in [6.45, 7) is 0. The van der Waals surface area contributed by atoms with Gasteiger partial charge in [0.1, 0.15) is 0 Å². The van der Waals surface area contributed by atoms with Crippen molar-refractivity contribution in [2.24, 2.45) is 0 Å². The molecule has 0 fully saturated rings. The van der Waals surface area contributed by atoms with Crippen LogP contribution in [0.5, 0.6) is 0 Å². The summed E-state index contributed by atoms with van der Waals surface area (Å²) in [6, 6.07) is 6.82. The van der Waals surface area contributed by atoms with E-state index in [-0.39, 0.29) is 0 Å². The van der Waals surface area contributed by atoms with E-state index in [0.29, 0.717) is 5.02 Å². The smallest absolute Gasteiger partial charge is 0.0555 e. The zero-order valence-corrected chi connectivity index (χ0v) is 7.83. The zero-order chi connectivity index (χ0) is 7.84. The van der Waals surface area contributed by atoms with Crippen LogP contribution in [0.25, 0.3) is 10.9 Å². The lowest BCUT2D eigenvalue weighted by molar-refractivity contribution is 1.47. The molecule has 0 unspecified atom stereocenters. The fourth-order valence-electron chi connectivity index (χ4n) is 0.998. The van der Waals surface area contributed by atoms with Crippen LogP contribution in [0.15, 0.2) is 22.8 Å². The first-order valence-corrected chi connectivity index (χ1v) is 4.29.